The molecule has 2 aromatic heterocycles. The Morgan fingerprint density at radius 3 is 3.26 bits per heavy atom. The number of nitrogens with two attached hydrogens (primary N) is 1. The van der Waals surface area contributed by atoms with Crippen LogP contribution in [0.15, 0.2) is 11.1 Å². The number of anilines is 1. The molecule has 0 bridgehead atoms. The number of imidazole rings is 1. The molecule has 102 valence electrons. The zero-order valence-corrected chi connectivity index (χ0v) is 10.5. The Morgan fingerprint density at radius 2 is 2.47 bits per heavy atom. The summed E-state index contributed by atoms with van der Waals surface area (Å²) in [6.07, 6.45) is 3.17. The lowest BCUT2D eigenvalue weighted by Crippen LogP contribution is -2.16. The number of nitrogens with one attached hydrogen (secondary N) is 1. The molecule has 3 heterocycles. The number of rotatable bonds is 3. The van der Waals surface area contributed by atoms with Crippen LogP contribution in [0.1, 0.15) is 19.1 Å². The third-order valence-electron chi connectivity index (χ3n) is 3.20. The maximum atomic E-state index is 11.7. The van der Waals surface area contributed by atoms with Crippen LogP contribution in [0.2, 0.25) is 0 Å². The maximum absolute atomic E-state index is 11.7. The molecule has 19 heavy (non-hydrogen) atoms. The van der Waals surface area contributed by atoms with Gasteiger partial charge in [-0.3, -0.25) is 14.3 Å². The molecule has 2 unspecified atom stereocenters. The molecule has 0 spiro atoms. The Morgan fingerprint density at radius 1 is 1.63 bits per heavy atom. The highest BCUT2D eigenvalue weighted by Crippen LogP contribution is 2.29. The van der Waals surface area contributed by atoms with Crippen molar-refractivity contribution < 1.29 is 9.47 Å². The number of hydrogen-bond acceptors (Lipinski definition) is 6. The number of aromatic nitrogens is 4. The van der Waals surface area contributed by atoms with Crippen molar-refractivity contribution in [3.05, 3.63) is 16.7 Å². The standard InChI is InChI=1S/C11H15N5O3/c1-18-4-6-2-3-7(19-6)16-5-13-8-9(16)14-11(12)15-10(8)17/h5-7H,2-4H2,1H3,(H3,12,14,15,17). The highest BCUT2D eigenvalue weighted by molar-refractivity contribution is 5.70. The summed E-state index contributed by atoms with van der Waals surface area (Å²) in [6.45, 7) is 0.555. The highest BCUT2D eigenvalue weighted by atomic mass is 16.5. The van der Waals surface area contributed by atoms with Crippen molar-refractivity contribution in [1.29, 1.82) is 0 Å². The largest absolute Gasteiger partial charge is 0.382 e. The monoisotopic (exact) mass is 265 g/mol. The summed E-state index contributed by atoms with van der Waals surface area (Å²) in [7, 11) is 1.64. The van der Waals surface area contributed by atoms with Crippen LogP contribution in [0, 0.1) is 0 Å². The lowest BCUT2D eigenvalue weighted by atomic mass is 10.2. The van der Waals surface area contributed by atoms with E-state index in [-0.39, 0.29) is 29.4 Å². The molecule has 1 saturated heterocycles. The van der Waals surface area contributed by atoms with Gasteiger partial charge in [-0.05, 0) is 12.8 Å². The number of methoxy groups -OCH3 is 1. The normalized spacial score (nSPS) is 23.2. The average Bonchev–Trinajstić information content (AvgIpc) is 2.95. The predicted octanol–water partition coefficient (Wildman–Crippen LogP) is 0.0258. The Balaban J connectivity index is 1.96. The predicted molar refractivity (Wildman–Crippen MR) is 67.6 cm³/mol. The summed E-state index contributed by atoms with van der Waals surface area (Å²) in [6, 6.07) is 0. The summed E-state index contributed by atoms with van der Waals surface area (Å²) < 4.78 is 12.7. The zero-order chi connectivity index (χ0) is 13.4. The van der Waals surface area contributed by atoms with Crippen molar-refractivity contribution in [1.82, 2.24) is 19.5 Å². The highest BCUT2D eigenvalue weighted by Gasteiger charge is 2.28. The summed E-state index contributed by atoms with van der Waals surface area (Å²) in [5.41, 5.74) is 5.94. The second-order valence-electron chi connectivity index (χ2n) is 4.52. The van der Waals surface area contributed by atoms with E-state index >= 15 is 0 Å². The molecule has 2 aromatic rings. The SMILES string of the molecule is COCC1CCC(n2cnc3c(=O)[nH]c(N)nc32)O1. The Labute approximate surface area is 108 Å². The molecule has 0 amide bonds. The van der Waals surface area contributed by atoms with Crippen LogP contribution < -0.4 is 11.3 Å². The third-order valence-corrected chi connectivity index (χ3v) is 3.20. The van der Waals surface area contributed by atoms with Crippen LogP contribution in [-0.4, -0.2) is 39.3 Å². The van der Waals surface area contributed by atoms with Crippen LogP contribution in [0.5, 0.6) is 0 Å². The van der Waals surface area contributed by atoms with Crippen molar-refractivity contribution in [3.63, 3.8) is 0 Å². The molecule has 1 aliphatic heterocycles. The van der Waals surface area contributed by atoms with Gasteiger partial charge in [0.2, 0.25) is 5.95 Å². The molecule has 0 aromatic carbocycles. The van der Waals surface area contributed by atoms with Gasteiger partial charge in [0.1, 0.15) is 6.23 Å². The maximum Gasteiger partial charge on any atom is 0.280 e. The van der Waals surface area contributed by atoms with Crippen molar-refractivity contribution in [2.45, 2.75) is 25.2 Å². The van der Waals surface area contributed by atoms with Gasteiger partial charge in [-0.1, -0.05) is 0 Å². The van der Waals surface area contributed by atoms with Crippen LogP contribution in [0.4, 0.5) is 5.95 Å². The van der Waals surface area contributed by atoms with Gasteiger partial charge in [0.15, 0.2) is 11.2 Å². The van der Waals surface area contributed by atoms with E-state index in [0.717, 1.165) is 12.8 Å². The van der Waals surface area contributed by atoms with E-state index in [2.05, 4.69) is 15.0 Å². The fraction of sp³-hybridized carbons (Fsp3) is 0.545. The van der Waals surface area contributed by atoms with E-state index in [1.807, 2.05) is 0 Å². The first-order valence-electron chi connectivity index (χ1n) is 6.05. The minimum Gasteiger partial charge on any atom is -0.382 e. The molecular weight excluding hydrogens is 250 g/mol. The molecule has 1 aliphatic rings. The molecule has 0 radical (unpaired) electrons. The van der Waals surface area contributed by atoms with E-state index in [4.69, 9.17) is 15.2 Å². The van der Waals surface area contributed by atoms with Crippen LogP contribution in [0.3, 0.4) is 0 Å². The number of fused-ring (bicyclic) bond motifs is 1. The molecular formula is C11H15N5O3. The van der Waals surface area contributed by atoms with Crippen molar-refractivity contribution in [2.24, 2.45) is 0 Å². The van der Waals surface area contributed by atoms with Gasteiger partial charge in [-0.2, -0.15) is 4.98 Å². The van der Waals surface area contributed by atoms with E-state index in [1.54, 1.807) is 18.0 Å². The molecule has 8 nitrogen and oxygen atoms in total. The molecule has 3 N–H and O–H groups in total. The van der Waals surface area contributed by atoms with Gasteiger partial charge >= 0.3 is 0 Å². The fourth-order valence-corrected chi connectivity index (χ4v) is 2.35. The molecule has 0 aliphatic carbocycles. The number of nitrogens with zero attached hydrogens (tertiary/aromatic N) is 3. The van der Waals surface area contributed by atoms with Gasteiger partial charge in [0.05, 0.1) is 19.0 Å². The Bertz CT molecular complexity index is 649. The number of H-pyrrole nitrogens is 1. The van der Waals surface area contributed by atoms with E-state index in [9.17, 15) is 4.79 Å². The molecule has 0 saturated carbocycles. The van der Waals surface area contributed by atoms with Gasteiger partial charge in [0, 0.05) is 7.11 Å². The van der Waals surface area contributed by atoms with Crippen molar-refractivity contribution in [2.75, 3.05) is 19.5 Å². The molecule has 3 rings (SSSR count). The van der Waals surface area contributed by atoms with Gasteiger partial charge in [-0.25, -0.2) is 4.98 Å². The summed E-state index contributed by atoms with van der Waals surface area (Å²) in [5.74, 6) is 0.0747. The third kappa shape index (κ3) is 2.08. The lowest BCUT2D eigenvalue weighted by molar-refractivity contribution is -0.0300. The summed E-state index contributed by atoms with van der Waals surface area (Å²) >= 11 is 0. The average molecular weight is 265 g/mol. The van der Waals surface area contributed by atoms with E-state index in [0.29, 0.717) is 12.3 Å². The first kappa shape index (κ1) is 12.1. The number of nitrogen functional groups attached to an aromatic ring is 1. The van der Waals surface area contributed by atoms with E-state index in [1.165, 1.54) is 0 Å². The van der Waals surface area contributed by atoms with Crippen molar-refractivity contribution >= 4 is 17.1 Å². The summed E-state index contributed by atoms with van der Waals surface area (Å²) in [4.78, 5) is 22.3. The topological polar surface area (TPSA) is 108 Å². The Kier molecular flexibility index (Phi) is 2.96. The first-order valence-corrected chi connectivity index (χ1v) is 6.05. The van der Waals surface area contributed by atoms with Crippen molar-refractivity contribution in [3.8, 4) is 0 Å². The van der Waals surface area contributed by atoms with Gasteiger partial charge in [0.25, 0.3) is 5.56 Å². The zero-order valence-electron chi connectivity index (χ0n) is 10.5. The second kappa shape index (κ2) is 4.63. The van der Waals surface area contributed by atoms with Crippen LogP contribution in [-0.2, 0) is 9.47 Å². The minimum absolute atomic E-state index is 0.0618. The minimum atomic E-state index is -0.340. The number of aromatic amines is 1. The van der Waals surface area contributed by atoms with Gasteiger partial charge < -0.3 is 15.2 Å². The smallest absolute Gasteiger partial charge is 0.280 e. The Hall–Kier alpha value is -1.93. The number of ether oxygens (including phenoxy) is 2. The second-order valence-corrected chi connectivity index (χ2v) is 4.52. The van der Waals surface area contributed by atoms with E-state index < -0.39 is 0 Å². The lowest BCUT2D eigenvalue weighted by Gasteiger charge is -2.14. The summed E-state index contributed by atoms with van der Waals surface area (Å²) in [5, 5.41) is 0. The molecule has 2 atom stereocenters. The quantitative estimate of drug-likeness (QED) is 0.810. The molecule has 1 fully saturated rings. The molecule has 8 heteroatoms. The van der Waals surface area contributed by atoms with Gasteiger partial charge in [-0.15, -0.1) is 0 Å². The fourth-order valence-electron chi connectivity index (χ4n) is 2.35. The van der Waals surface area contributed by atoms with Crippen LogP contribution in [0.25, 0.3) is 11.2 Å². The number of hydrogen-bond donors (Lipinski definition) is 2. The van der Waals surface area contributed by atoms with Crippen LogP contribution >= 0.6 is 0 Å². The first-order chi connectivity index (χ1) is 9.19.